The zero-order valence-electron chi connectivity index (χ0n) is 16.3. The van der Waals surface area contributed by atoms with Crippen LogP contribution in [0.1, 0.15) is 26.3 Å². The summed E-state index contributed by atoms with van der Waals surface area (Å²) in [7, 11) is 0. The zero-order valence-corrected chi connectivity index (χ0v) is 16.3. The maximum Gasteiger partial charge on any atom is 0.148 e. The van der Waals surface area contributed by atoms with Gasteiger partial charge in [-0.1, -0.05) is 32.6 Å². The summed E-state index contributed by atoms with van der Waals surface area (Å²) in [6.45, 7) is 10.5. The summed E-state index contributed by atoms with van der Waals surface area (Å²) >= 11 is 0. The molecule has 5 nitrogen and oxygen atoms in total. The van der Waals surface area contributed by atoms with E-state index in [1.807, 2.05) is 43.3 Å². The van der Waals surface area contributed by atoms with E-state index >= 15 is 0 Å². The first-order valence-corrected chi connectivity index (χ1v) is 9.06. The van der Waals surface area contributed by atoms with Crippen molar-refractivity contribution in [2.24, 2.45) is 0 Å². The molecule has 144 valence electrons. The smallest absolute Gasteiger partial charge is 0.148 e. The summed E-state index contributed by atoms with van der Waals surface area (Å²) in [6, 6.07) is 14.2. The fraction of sp³-hybridized carbons (Fsp3) is 0.227. The molecule has 3 aromatic rings. The van der Waals surface area contributed by atoms with Crippen LogP contribution in [-0.4, -0.2) is 21.7 Å². The van der Waals surface area contributed by atoms with Gasteiger partial charge in [-0.2, -0.15) is 0 Å². The highest BCUT2D eigenvalue weighted by Gasteiger charge is 2.20. The van der Waals surface area contributed by atoms with Crippen molar-refractivity contribution < 1.29 is 4.39 Å². The van der Waals surface area contributed by atoms with Crippen LogP contribution in [0.5, 0.6) is 0 Å². The Morgan fingerprint density at radius 3 is 2.29 bits per heavy atom. The summed E-state index contributed by atoms with van der Waals surface area (Å²) < 4.78 is 13.1. The third kappa shape index (κ3) is 4.91. The second-order valence-electron chi connectivity index (χ2n) is 7.39. The Hall–Kier alpha value is -3.28. The molecule has 0 amide bonds. The summed E-state index contributed by atoms with van der Waals surface area (Å²) in [5, 5.41) is 14.9. The van der Waals surface area contributed by atoms with Crippen molar-refractivity contribution in [3.8, 4) is 11.3 Å². The van der Waals surface area contributed by atoms with Gasteiger partial charge in [0.15, 0.2) is 0 Å². The van der Waals surface area contributed by atoms with E-state index in [9.17, 15) is 4.39 Å². The molecule has 0 atom stereocenters. The summed E-state index contributed by atoms with van der Waals surface area (Å²) in [5.41, 5.74) is 3.35. The van der Waals surface area contributed by atoms with E-state index < -0.39 is 0 Å². The molecule has 0 saturated carbocycles. The number of anilines is 2. The normalized spacial score (nSPS) is 11.1. The first-order chi connectivity index (χ1) is 13.3. The predicted molar refractivity (Wildman–Crippen MR) is 112 cm³/mol. The highest BCUT2D eigenvalue weighted by atomic mass is 19.1. The van der Waals surface area contributed by atoms with Crippen LogP contribution in [-0.2, 0) is 5.41 Å². The Labute approximate surface area is 164 Å². The molecule has 28 heavy (non-hydrogen) atoms. The van der Waals surface area contributed by atoms with Crippen molar-refractivity contribution in [2.75, 3.05) is 17.2 Å². The number of hydrogen-bond donors (Lipinski definition) is 2. The average Bonchev–Trinajstić information content (AvgIpc) is 2.67. The Bertz CT molecular complexity index is 932. The molecule has 0 unspecified atom stereocenters. The lowest BCUT2D eigenvalue weighted by Gasteiger charge is -2.25. The van der Waals surface area contributed by atoms with Crippen LogP contribution >= 0.6 is 0 Å². The van der Waals surface area contributed by atoms with E-state index in [1.165, 1.54) is 12.1 Å². The fourth-order valence-electron chi connectivity index (χ4n) is 2.73. The molecule has 0 radical (unpaired) electrons. The SMILES string of the molecule is C=C(C)Nc1ccc(-c2ccc(NCC(C)(C)c3ccc(F)cc3)nn2)cn1. The van der Waals surface area contributed by atoms with E-state index in [0.717, 1.165) is 28.3 Å². The van der Waals surface area contributed by atoms with Gasteiger partial charge in [-0.05, 0) is 48.9 Å². The summed E-state index contributed by atoms with van der Waals surface area (Å²) in [6.07, 6.45) is 1.75. The molecule has 3 rings (SSSR count). The first kappa shape index (κ1) is 19.5. The maximum absolute atomic E-state index is 13.1. The molecule has 0 bridgehead atoms. The lowest BCUT2D eigenvalue weighted by atomic mass is 9.84. The molecular formula is C22H24FN5. The quantitative estimate of drug-likeness (QED) is 0.606. The van der Waals surface area contributed by atoms with E-state index in [4.69, 9.17) is 0 Å². The van der Waals surface area contributed by atoms with E-state index in [-0.39, 0.29) is 11.2 Å². The third-order valence-electron chi connectivity index (χ3n) is 4.40. The van der Waals surface area contributed by atoms with Crippen LogP contribution in [0.3, 0.4) is 0 Å². The van der Waals surface area contributed by atoms with Crippen LogP contribution in [0.2, 0.25) is 0 Å². The molecule has 0 spiro atoms. The van der Waals surface area contributed by atoms with Crippen LogP contribution in [0.25, 0.3) is 11.3 Å². The Morgan fingerprint density at radius 1 is 1.00 bits per heavy atom. The van der Waals surface area contributed by atoms with Crippen molar-refractivity contribution in [3.05, 3.63) is 78.4 Å². The molecule has 2 heterocycles. The van der Waals surface area contributed by atoms with Gasteiger partial charge in [-0.3, -0.25) is 0 Å². The molecule has 0 aliphatic carbocycles. The van der Waals surface area contributed by atoms with Gasteiger partial charge in [-0.25, -0.2) is 9.37 Å². The molecule has 6 heteroatoms. The van der Waals surface area contributed by atoms with E-state index in [1.54, 1.807) is 6.20 Å². The second-order valence-corrected chi connectivity index (χ2v) is 7.39. The van der Waals surface area contributed by atoms with Crippen LogP contribution < -0.4 is 10.6 Å². The lowest BCUT2D eigenvalue weighted by molar-refractivity contribution is 0.552. The third-order valence-corrected chi connectivity index (χ3v) is 4.40. The number of aromatic nitrogens is 3. The van der Waals surface area contributed by atoms with Gasteiger partial charge in [0.1, 0.15) is 17.5 Å². The van der Waals surface area contributed by atoms with Crippen LogP contribution in [0, 0.1) is 5.82 Å². The number of halogens is 1. The van der Waals surface area contributed by atoms with Gasteiger partial charge < -0.3 is 10.6 Å². The van der Waals surface area contributed by atoms with Crippen LogP contribution in [0.4, 0.5) is 16.0 Å². The molecule has 2 aromatic heterocycles. The number of allylic oxidation sites excluding steroid dienone is 1. The standard InChI is InChI=1S/C22H24FN5/c1-15(2)26-20-11-5-16(13-24-20)19-10-12-21(28-27-19)25-14-22(3,4)17-6-8-18(23)9-7-17/h5-13H,1,14H2,2-4H3,(H,24,26)(H,25,28). The molecule has 0 aliphatic rings. The predicted octanol–water partition coefficient (Wildman–Crippen LogP) is 5.01. The average molecular weight is 377 g/mol. The van der Waals surface area contributed by atoms with Gasteiger partial charge >= 0.3 is 0 Å². The molecule has 2 N–H and O–H groups in total. The van der Waals surface area contributed by atoms with Crippen molar-refractivity contribution >= 4 is 11.6 Å². The number of rotatable bonds is 7. The minimum atomic E-state index is -0.230. The number of hydrogen-bond acceptors (Lipinski definition) is 5. The topological polar surface area (TPSA) is 62.7 Å². The molecule has 0 saturated heterocycles. The Morgan fingerprint density at radius 2 is 1.71 bits per heavy atom. The van der Waals surface area contributed by atoms with Crippen molar-refractivity contribution in [3.63, 3.8) is 0 Å². The summed E-state index contributed by atoms with van der Waals surface area (Å²) in [5.74, 6) is 1.20. The van der Waals surface area contributed by atoms with Gasteiger partial charge in [0, 0.05) is 29.4 Å². The zero-order chi connectivity index (χ0) is 20.1. The largest absolute Gasteiger partial charge is 0.368 e. The minimum absolute atomic E-state index is 0.177. The highest BCUT2D eigenvalue weighted by molar-refractivity contribution is 5.60. The highest BCUT2D eigenvalue weighted by Crippen LogP contribution is 2.24. The van der Waals surface area contributed by atoms with E-state index in [2.05, 4.69) is 46.2 Å². The first-order valence-electron chi connectivity index (χ1n) is 9.06. The number of nitrogens with zero attached hydrogens (tertiary/aromatic N) is 3. The Kier molecular flexibility index (Phi) is 5.68. The van der Waals surface area contributed by atoms with E-state index in [0.29, 0.717) is 12.4 Å². The number of nitrogens with one attached hydrogen (secondary N) is 2. The number of pyridine rings is 1. The van der Waals surface area contributed by atoms with Gasteiger partial charge in [0.25, 0.3) is 0 Å². The van der Waals surface area contributed by atoms with Gasteiger partial charge in [0.05, 0.1) is 5.69 Å². The second kappa shape index (κ2) is 8.17. The molecular weight excluding hydrogens is 353 g/mol. The monoisotopic (exact) mass is 377 g/mol. The van der Waals surface area contributed by atoms with Crippen molar-refractivity contribution in [1.29, 1.82) is 0 Å². The Balaban J connectivity index is 1.64. The number of benzene rings is 1. The molecule has 0 aliphatic heterocycles. The molecule has 0 fully saturated rings. The summed E-state index contributed by atoms with van der Waals surface area (Å²) in [4.78, 5) is 4.34. The van der Waals surface area contributed by atoms with Gasteiger partial charge in [-0.15, -0.1) is 10.2 Å². The van der Waals surface area contributed by atoms with Crippen LogP contribution in [0.15, 0.2) is 67.0 Å². The minimum Gasteiger partial charge on any atom is -0.368 e. The van der Waals surface area contributed by atoms with Gasteiger partial charge in [0.2, 0.25) is 0 Å². The van der Waals surface area contributed by atoms with Crippen molar-refractivity contribution in [2.45, 2.75) is 26.2 Å². The lowest BCUT2D eigenvalue weighted by Crippen LogP contribution is -2.28. The van der Waals surface area contributed by atoms with Crippen molar-refractivity contribution in [1.82, 2.24) is 15.2 Å². The molecule has 1 aromatic carbocycles. The fourth-order valence-corrected chi connectivity index (χ4v) is 2.73. The maximum atomic E-state index is 13.1.